The van der Waals surface area contributed by atoms with Crippen LogP contribution in [0.2, 0.25) is 0 Å². The molecule has 1 aromatic carbocycles. The second-order valence-corrected chi connectivity index (χ2v) is 5.19. The second kappa shape index (κ2) is 5.87. The minimum absolute atomic E-state index is 0.256. The molecule has 0 heterocycles. The quantitative estimate of drug-likeness (QED) is 0.597. The van der Waals surface area contributed by atoms with Gasteiger partial charge >= 0.3 is 5.97 Å². The molecule has 2 nitrogen and oxygen atoms in total. The van der Waals surface area contributed by atoms with Crippen LogP contribution in [0.1, 0.15) is 37.0 Å². The van der Waals surface area contributed by atoms with E-state index in [0.29, 0.717) is 18.1 Å². The van der Waals surface area contributed by atoms with Crippen LogP contribution < -0.4 is 0 Å². The zero-order valence-corrected chi connectivity index (χ0v) is 11.6. The van der Waals surface area contributed by atoms with Crippen molar-refractivity contribution < 1.29 is 9.53 Å². The van der Waals surface area contributed by atoms with E-state index in [2.05, 4.69) is 13.5 Å². The van der Waals surface area contributed by atoms with Crippen molar-refractivity contribution in [1.82, 2.24) is 0 Å². The van der Waals surface area contributed by atoms with Gasteiger partial charge in [0.25, 0.3) is 0 Å². The molecule has 0 radical (unpaired) electrons. The van der Waals surface area contributed by atoms with Crippen LogP contribution >= 0.6 is 0 Å². The first-order chi connectivity index (χ1) is 9.09. The number of ether oxygens (including phenoxy) is 1. The molecule has 0 aromatic heterocycles. The van der Waals surface area contributed by atoms with E-state index < -0.39 is 0 Å². The van der Waals surface area contributed by atoms with E-state index in [1.165, 1.54) is 11.1 Å². The highest BCUT2D eigenvalue weighted by atomic mass is 16.5. The fourth-order valence-electron chi connectivity index (χ4n) is 2.56. The van der Waals surface area contributed by atoms with E-state index in [1.807, 2.05) is 25.1 Å². The molecule has 2 heteroatoms. The lowest BCUT2D eigenvalue weighted by molar-refractivity contribution is 0.0534. The summed E-state index contributed by atoms with van der Waals surface area (Å²) in [6, 6.07) is 9.11. The Balaban J connectivity index is 2.01. The van der Waals surface area contributed by atoms with E-state index in [4.69, 9.17) is 4.74 Å². The van der Waals surface area contributed by atoms with Gasteiger partial charge in [0.1, 0.15) is 6.61 Å². The zero-order chi connectivity index (χ0) is 13.8. The van der Waals surface area contributed by atoms with Gasteiger partial charge < -0.3 is 4.74 Å². The summed E-state index contributed by atoms with van der Waals surface area (Å²) in [7, 11) is 0. The number of allylic oxidation sites excluding steroid dienone is 2. The maximum absolute atomic E-state index is 11.9. The SMILES string of the molecule is C=C(C)[C@H]1CCC(C)=C1COC(=O)c1ccccc1. The van der Waals surface area contributed by atoms with Crippen LogP contribution in [0.3, 0.4) is 0 Å². The third-order valence-corrected chi connectivity index (χ3v) is 3.74. The van der Waals surface area contributed by atoms with E-state index in [-0.39, 0.29) is 5.97 Å². The van der Waals surface area contributed by atoms with Crippen molar-refractivity contribution in [3.63, 3.8) is 0 Å². The van der Waals surface area contributed by atoms with Gasteiger partial charge in [-0.1, -0.05) is 35.9 Å². The molecule has 19 heavy (non-hydrogen) atoms. The lowest BCUT2D eigenvalue weighted by Gasteiger charge is -2.15. The Morgan fingerprint density at radius 3 is 2.68 bits per heavy atom. The Bertz CT molecular complexity index is 511. The number of hydrogen-bond donors (Lipinski definition) is 0. The summed E-state index contributed by atoms with van der Waals surface area (Å²) in [6.45, 7) is 8.58. The van der Waals surface area contributed by atoms with Crippen LogP contribution in [0.15, 0.2) is 53.6 Å². The van der Waals surface area contributed by atoms with Crippen molar-refractivity contribution in [2.24, 2.45) is 5.92 Å². The number of esters is 1. The Morgan fingerprint density at radius 1 is 1.37 bits per heavy atom. The van der Waals surface area contributed by atoms with Crippen LogP contribution in [0, 0.1) is 5.92 Å². The first-order valence-corrected chi connectivity index (χ1v) is 6.65. The predicted octanol–water partition coefficient (Wildman–Crippen LogP) is 4.15. The van der Waals surface area contributed by atoms with Gasteiger partial charge in [0.05, 0.1) is 5.56 Å². The summed E-state index contributed by atoms with van der Waals surface area (Å²) in [5.41, 5.74) is 4.33. The minimum atomic E-state index is -0.256. The highest BCUT2D eigenvalue weighted by Gasteiger charge is 2.24. The van der Waals surface area contributed by atoms with Crippen molar-refractivity contribution in [1.29, 1.82) is 0 Å². The summed E-state index contributed by atoms with van der Waals surface area (Å²) in [5, 5.41) is 0. The van der Waals surface area contributed by atoms with Gasteiger partial charge in [-0.05, 0) is 44.4 Å². The number of rotatable bonds is 4. The molecule has 0 saturated heterocycles. The highest BCUT2D eigenvalue weighted by molar-refractivity contribution is 5.89. The van der Waals surface area contributed by atoms with Gasteiger partial charge in [0, 0.05) is 5.92 Å². The average molecular weight is 256 g/mol. The van der Waals surface area contributed by atoms with Crippen molar-refractivity contribution in [2.45, 2.75) is 26.7 Å². The molecular formula is C17H20O2. The maximum Gasteiger partial charge on any atom is 0.338 e. The highest BCUT2D eigenvalue weighted by Crippen LogP contribution is 2.36. The molecular weight excluding hydrogens is 236 g/mol. The first kappa shape index (κ1) is 13.6. The molecule has 0 amide bonds. The van der Waals surface area contributed by atoms with E-state index in [1.54, 1.807) is 12.1 Å². The molecule has 0 unspecified atom stereocenters. The topological polar surface area (TPSA) is 26.3 Å². The van der Waals surface area contributed by atoms with Gasteiger partial charge in [0.2, 0.25) is 0 Å². The molecule has 0 bridgehead atoms. The largest absolute Gasteiger partial charge is 0.458 e. The Labute approximate surface area is 114 Å². The molecule has 1 aliphatic carbocycles. The number of carbonyl (C=O) groups is 1. The van der Waals surface area contributed by atoms with E-state index >= 15 is 0 Å². The van der Waals surface area contributed by atoms with Crippen LogP contribution in [-0.2, 0) is 4.74 Å². The summed E-state index contributed by atoms with van der Waals surface area (Å²) < 4.78 is 5.42. The van der Waals surface area contributed by atoms with Crippen molar-refractivity contribution in [3.8, 4) is 0 Å². The fraction of sp³-hybridized carbons (Fsp3) is 0.353. The monoisotopic (exact) mass is 256 g/mol. The standard InChI is InChI=1S/C17H20O2/c1-12(2)15-10-9-13(3)16(15)11-19-17(18)14-7-5-4-6-8-14/h4-8,15H,1,9-11H2,2-3H3/t15-/m1/s1. The minimum Gasteiger partial charge on any atom is -0.458 e. The molecule has 1 aliphatic rings. The number of hydrogen-bond acceptors (Lipinski definition) is 2. The van der Waals surface area contributed by atoms with Gasteiger partial charge in [0.15, 0.2) is 0 Å². The van der Waals surface area contributed by atoms with E-state index in [9.17, 15) is 4.79 Å². The maximum atomic E-state index is 11.9. The van der Waals surface area contributed by atoms with Crippen LogP contribution in [-0.4, -0.2) is 12.6 Å². The van der Waals surface area contributed by atoms with Crippen molar-refractivity contribution >= 4 is 5.97 Å². The lowest BCUT2D eigenvalue weighted by Crippen LogP contribution is -2.12. The third-order valence-electron chi connectivity index (χ3n) is 3.74. The Kier molecular flexibility index (Phi) is 4.20. The molecule has 0 fully saturated rings. The number of benzene rings is 1. The van der Waals surface area contributed by atoms with Crippen molar-refractivity contribution in [2.75, 3.05) is 6.61 Å². The van der Waals surface area contributed by atoms with Gasteiger partial charge in [-0.25, -0.2) is 4.79 Å². The predicted molar refractivity (Wildman–Crippen MR) is 77.0 cm³/mol. The molecule has 0 N–H and O–H groups in total. The smallest absolute Gasteiger partial charge is 0.338 e. The first-order valence-electron chi connectivity index (χ1n) is 6.65. The average Bonchev–Trinajstić information content (AvgIpc) is 2.78. The van der Waals surface area contributed by atoms with Gasteiger partial charge in [-0.15, -0.1) is 0 Å². The molecule has 100 valence electrons. The summed E-state index contributed by atoms with van der Waals surface area (Å²) in [6.07, 6.45) is 2.18. The fourth-order valence-corrected chi connectivity index (χ4v) is 2.56. The summed E-state index contributed by atoms with van der Waals surface area (Å²) in [5.74, 6) is 0.122. The normalized spacial score (nSPS) is 18.5. The van der Waals surface area contributed by atoms with Crippen molar-refractivity contribution in [3.05, 3.63) is 59.2 Å². The van der Waals surface area contributed by atoms with Crippen LogP contribution in [0.4, 0.5) is 0 Å². The molecule has 1 atom stereocenters. The van der Waals surface area contributed by atoms with Crippen LogP contribution in [0.25, 0.3) is 0 Å². The molecule has 0 saturated carbocycles. The van der Waals surface area contributed by atoms with Crippen LogP contribution in [0.5, 0.6) is 0 Å². The molecule has 0 aliphatic heterocycles. The summed E-state index contributed by atoms with van der Waals surface area (Å²) in [4.78, 5) is 11.9. The molecule has 2 rings (SSSR count). The Morgan fingerprint density at radius 2 is 2.05 bits per heavy atom. The zero-order valence-electron chi connectivity index (χ0n) is 11.6. The summed E-state index contributed by atoms with van der Waals surface area (Å²) >= 11 is 0. The van der Waals surface area contributed by atoms with E-state index in [0.717, 1.165) is 18.4 Å². The number of carbonyl (C=O) groups excluding carboxylic acids is 1. The molecule has 0 spiro atoms. The molecule has 1 aromatic rings. The third kappa shape index (κ3) is 3.14. The van der Waals surface area contributed by atoms with Gasteiger partial charge in [-0.3, -0.25) is 0 Å². The Hall–Kier alpha value is -1.83. The lowest BCUT2D eigenvalue weighted by atomic mass is 9.94. The second-order valence-electron chi connectivity index (χ2n) is 5.19. The van der Waals surface area contributed by atoms with Gasteiger partial charge in [-0.2, -0.15) is 0 Å².